The van der Waals surface area contributed by atoms with E-state index < -0.39 is 0 Å². The Hall–Kier alpha value is -1.25. The molecule has 3 heteroatoms. The van der Waals surface area contributed by atoms with E-state index in [1.54, 1.807) is 6.20 Å². The van der Waals surface area contributed by atoms with Gasteiger partial charge in [-0.15, -0.1) is 0 Å². The molecule has 1 aromatic heterocycles. The summed E-state index contributed by atoms with van der Waals surface area (Å²) in [6.07, 6.45) is 5.81. The van der Waals surface area contributed by atoms with E-state index in [1.807, 2.05) is 13.0 Å². The molecule has 3 N–H and O–H groups in total. The number of nitrogens with one attached hydrogen (secondary N) is 1. The standard InChI is InChI=1S/C12H19N3/c1-8-6-12(14-7-11(8)13)15-9(2)10-4-3-5-10/h6-7,9-10H,3-5,13H2,1-2H3,(H,14,15). The average molecular weight is 205 g/mol. The molecule has 0 saturated heterocycles. The molecular weight excluding hydrogens is 186 g/mol. The summed E-state index contributed by atoms with van der Waals surface area (Å²) >= 11 is 0. The van der Waals surface area contributed by atoms with Crippen molar-refractivity contribution < 1.29 is 0 Å². The van der Waals surface area contributed by atoms with Crippen molar-refractivity contribution in [2.24, 2.45) is 5.92 Å². The molecule has 1 aromatic rings. The molecule has 2 rings (SSSR count). The number of anilines is 2. The van der Waals surface area contributed by atoms with Gasteiger partial charge in [0.25, 0.3) is 0 Å². The van der Waals surface area contributed by atoms with Crippen molar-refractivity contribution in [2.75, 3.05) is 11.1 Å². The summed E-state index contributed by atoms with van der Waals surface area (Å²) in [5.41, 5.74) is 7.58. The van der Waals surface area contributed by atoms with Crippen LogP contribution in [0.4, 0.5) is 11.5 Å². The van der Waals surface area contributed by atoms with E-state index in [0.29, 0.717) is 6.04 Å². The van der Waals surface area contributed by atoms with Crippen molar-refractivity contribution in [3.8, 4) is 0 Å². The Morgan fingerprint density at radius 2 is 2.27 bits per heavy atom. The normalized spacial score (nSPS) is 18.3. The van der Waals surface area contributed by atoms with Crippen molar-refractivity contribution in [2.45, 2.75) is 39.2 Å². The molecule has 0 amide bonds. The summed E-state index contributed by atoms with van der Waals surface area (Å²) in [5, 5.41) is 3.45. The Kier molecular flexibility index (Phi) is 2.80. The zero-order chi connectivity index (χ0) is 10.8. The zero-order valence-electron chi connectivity index (χ0n) is 9.46. The van der Waals surface area contributed by atoms with E-state index in [-0.39, 0.29) is 0 Å². The highest BCUT2D eigenvalue weighted by atomic mass is 15.0. The molecule has 1 aliphatic rings. The predicted octanol–water partition coefficient (Wildman–Crippen LogP) is 2.57. The highest BCUT2D eigenvalue weighted by molar-refractivity contribution is 5.51. The highest BCUT2D eigenvalue weighted by Gasteiger charge is 2.23. The first-order valence-electron chi connectivity index (χ1n) is 5.65. The van der Waals surface area contributed by atoms with Crippen LogP contribution in [0.3, 0.4) is 0 Å². The first kappa shape index (κ1) is 10.3. The van der Waals surface area contributed by atoms with Crippen molar-refractivity contribution in [3.63, 3.8) is 0 Å². The molecule has 1 aliphatic carbocycles. The van der Waals surface area contributed by atoms with Crippen LogP contribution in [0.5, 0.6) is 0 Å². The Balaban J connectivity index is 2.00. The van der Waals surface area contributed by atoms with E-state index >= 15 is 0 Å². The van der Waals surface area contributed by atoms with Gasteiger partial charge in [-0.2, -0.15) is 0 Å². The topological polar surface area (TPSA) is 50.9 Å². The summed E-state index contributed by atoms with van der Waals surface area (Å²) < 4.78 is 0. The van der Waals surface area contributed by atoms with E-state index in [9.17, 15) is 0 Å². The number of aryl methyl sites for hydroxylation is 1. The molecule has 3 nitrogen and oxygen atoms in total. The maximum Gasteiger partial charge on any atom is 0.126 e. The van der Waals surface area contributed by atoms with Crippen LogP contribution < -0.4 is 11.1 Å². The van der Waals surface area contributed by atoms with Crippen LogP contribution in [-0.4, -0.2) is 11.0 Å². The summed E-state index contributed by atoms with van der Waals surface area (Å²) in [5.74, 6) is 1.77. The van der Waals surface area contributed by atoms with Crippen molar-refractivity contribution >= 4 is 11.5 Å². The largest absolute Gasteiger partial charge is 0.397 e. The molecule has 0 bridgehead atoms. The first-order chi connectivity index (χ1) is 7.16. The predicted molar refractivity (Wildman–Crippen MR) is 63.8 cm³/mol. The van der Waals surface area contributed by atoms with Crippen LogP contribution in [0.25, 0.3) is 0 Å². The Morgan fingerprint density at radius 3 is 2.80 bits per heavy atom. The smallest absolute Gasteiger partial charge is 0.126 e. The van der Waals surface area contributed by atoms with Gasteiger partial charge in [-0.05, 0) is 44.2 Å². The number of rotatable bonds is 3. The molecule has 0 radical (unpaired) electrons. The molecule has 1 fully saturated rings. The first-order valence-corrected chi connectivity index (χ1v) is 5.65. The third-order valence-electron chi connectivity index (χ3n) is 3.38. The van der Waals surface area contributed by atoms with E-state index in [2.05, 4.69) is 17.2 Å². The number of nitrogen functional groups attached to an aromatic ring is 1. The van der Waals surface area contributed by atoms with Gasteiger partial charge in [-0.25, -0.2) is 4.98 Å². The molecule has 82 valence electrons. The van der Waals surface area contributed by atoms with E-state index in [4.69, 9.17) is 5.73 Å². The number of hydrogen-bond donors (Lipinski definition) is 2. The minimum absolute atomic E-state index is 0.522. The highest BCUT2D eigenvalue weighted by Crippen LogP contribution is 2.30. The van der Waals surface area contributed by atoms with Gasteiger partial charge < -0.3 is 11.1 Å². The van der Waals surface area contributed by atoms with Crippen molar-refractivity contribution in [3.05, 3.63) is 17.8 Å². The van der Waals surface area contributed by atoms with Crippen LogP contribution in [0, 0.1) is 12.8 Å². The lowest BCUT2D eigenvalue weighted by molar-refractivity contribution is 0.285. The molecule has 0 aromatic carbocycles. The number of pyridine rings is 1. The van der Waals surface area contributed by atoms with Gasteiger partial charge in [-0.1, -0.05) is 6.42 Å². The monoisotopic (exact) mass is 205 g/mol. The van der Waals surface area contributed by atoms with E-state index in [1.165, 1.54) is 19.3 Å². The lowest BCUT2D eigenvalue weighted by Crippen LogP contribution is -2.31. The molecule has 0 spiro atoms. The number of hydrogen-bond acceptors (Lipinski definition) is 3. The second kappa shape index (κ2) is 4.09. The van der Waals surface area contributed by atoms with Crippen molar-refractivity contribution in [1.29, 1.82) is 0 Å². The quantitative estimate of drug-likeness (QED) is 0.797. The second-order valence-corrected chi connectivity index (χ2v) is 4.55. The second-order valence-electron chi connectivity index (χ2n) is 4.55. The Labute approximate surface area is 91.1 Å². The maximum atomic E-state index is 5.73. The summed E-state index contributed by atoms with van der Waals surface area (Å²) in [6.45, 7) is 4.24. The number of nitrogens with two attached hydrogens (primary N) is 1. The van der Waals surface area contributed by atoms with Gasteiger partial charge in [0.15, 0.2) is 0 Å². The van der Waals surface area contributed by atoms with Gasteiger partial charge in [0.2, 0.25) is 0 Å². The minimum atomic E-state index is 0.522. The van der Waals surface area contributed by atoms with Gasteiger partial charge >= 0.3 is 0 Å². The SMILES string of the molecule is Cc1cc(NC(C)C2CCC2)ncc1N. The molecule has 15 heavy (non-hydrogen) atoms. The Bertz CT molecular complexity index is 345. The van der Waals surface area contributed by atoms with Crippen LogP contribution in [-0.2, 0) is 0 Å². The Morgan fingerprint density at radius 1 is 1.53 bits per heavy atom. The van der Waals surface area contributed by atoms with Gasteiger partial charge in [-0.3, -0.25) is 0 Å². The fourth-order valence-corrected chi connectivity index (χ4v) is 1.94. The number of nitrogens with zero attached hydrogens (tertiary/aromatic N) is 1. The van der Waals surface area contributed by atoms with Crippen LogP contribution in [0.1, 0.15) is 31.7 Å². The van der Waals surface area contributed by atoms with Crippen LogP contribution >= 0.6 is 0 Å². The van der Waals surface area contributed by atoms with Gasteiger partial charge in [0.05, 0.1) is 11.9 Å². The summed E-state index contributed by atoms with van der Waals surface area (Å²) in [7, 11) is 0. The third-order valence-corrected chi connectivity index (χ3v) is 3.38. The summed E-state index contributed by atoms with van der Waals surface area (Å²) in [6, 6.07) is 2.54. The molecular formula is C12H19N3. The van der Waals surface area contributed by atoms with Crippen LogP contribution in [0.15, 0.2) is 12.3 Å². The molecule has 1 unspecified atom stereocenters. The maximum absolute atomic E-state index is 5.73. The zero-order valence-corrected chi connectivity index (χ0v) is 9.46. The molecule has 0 aliphatic heterocycles. The minimum Gasteiger partial charge on any atom is -0.397 e. The van der Waals surface area contributed by atoms with Gasteiger partial charge in [0, 0.05) is 6.04 Å². The molecule has 1 saturated carbocycles. The summed E-state index contributed by atoms with van der Waals surface area (Å²) in [4.78, 5) is 4.28. The molecule has 1 atom stereocenters. The fourth-order valence-electron chi connectivity index (χ4n) is 1.94. The average Bonchev–Trinajstić information content (AvgIpc) is 2.08. The van der Waals surface area contributed by atoms with Gasteiger partial charge in [0.1, 0.15) is 5.82 Å². The lowest BCUT2D eigenvalue weighted by Gasteiger charge is -2.32. The third kappa shape index (κ3) is 2.22. The lowest BCUT2D eigenvalue weighted by atomic mass is 9.80. The van der Waals surface area contributed by atoms with E-state index in [0.717, 1.165) is 23.0 Å². The van der Waals surface area contributed by atoms with Crippen LogP contribution in [0.2, 0.25) is 0 Å². The fraction of sp³-hybridized carbons (Fsp3) is 0.583. The molecule has 1 heterocycles. The number of aromatic nitrogens is 1. The van der Waals surface area contributed by atoms with Crippen molar-refractivity contribution in [1.82, 2.24) is 4.98 Å².